The third-order valence-corrected chi connectivity index (χ3v) is 7.44. The Labute approximate surface area is 236 Å². The molecule has 0 spiro atoms. The fraction of sp³-hybridized carbons (Fsp3) is 0.121. The van der Waals surface area contributed by atoms with Crippen LogP contribution in [0.4, 0.5) is 11.5 Å². The van der Waals surface area contributed by atoms with Gasteiger partial charge in [0.25, 0.3) is 5.56 Å². The number of nitrogens with zero attached hydrogens (tertiary/aromatic N) is 4. The Kier molecular flexibility index (Phi) is 6.61. The molecule has 0 aliphatic heterocycles. The molecule has 0 aliphatic carbocycles. The van der Waals surface area contributed by atoms with Crippen LogP contribution in [0.15, 0.2) is 107 Å². The van der Waals surface area contributed by atoms with Crippen molar-refractivity contribution in [2.75, 3.05) is 11.9 Å². The van der Waals surface area contributed by atoms with E-state index in [1.165, 1.54) is 11.6 Å². The second-order valence-corrected chi connectivity index (χ2v) is 9.90. The van der Waals surface area contributed by atoms with E-state index in [0.29, 0.717) is 39.4 Å². The molecular formula is C33H29N5O3. The SMILES string of the molecule is CN(c1ccc2ccccc2c1)c1nc2c(c(-c3ccccc3Oc3ccccc3)c1CN)c(=O)n(C)c(=O)n2C. The third kappa shape index (κ3) is 4.44. The summed E-state index contributed by atoms with van der Waals surface area (Å²) in [6.45, 7) is 0.0944. The zero-order chi connectivity index (χ0) is 28.7. The minimum absolute atomic E-state index is 0.0944. The first-order chi connectivity index (χ1) is 19.9. The van der Waals surface area contributed by atoms with Crippen molar-refractivity contribution < 1.29 is 4.74 Å². The maximum atomic E-state index is 13.7. The number of hydrogen-bond donors (Lipinski definition) is 1. The van der Waals surface area contributed by atoms with Gasteiger partial charge in [-0.05, 0) is 41.1 Å². The van der Waals surface area contributed by atoms with Gasteiger partial charge in [0.1, 0.15) is 17.3 Å². The minimum atomic E-state index is -0.463. The van der Waals surface area contributed by atoms with Crippen LogP contribution in [-0.2, 0) is 20.6 Å². The second kappa shape index (κ2) is 10.4. The van der Waals surface area contributed by atoms with Gasteiger partial charge in [0.15, 0.2) is 5.65 Å². The first kappa shape index (κ1) is 26.0. The summed E-state index contributed by atoms with van der Waals surface area (Å²) < 4.78 is 8.82. The smallest absolute Gasteiger partial charge is 0.332 e. The van der Waals surface area contributed by atoms with Crippen molar-refractivity contribution in [3.8, 4) is 22.6 Å². The molecule has 0 amide bonds. The summed E-state index contributed by atoms with van der Waals surface area (Å²) in [5, 5.41) is 2.50. The Morgan fingerprint density at radius 2 is 1.51 bits per heavy atom. The average Bonchev–Trinajstić information content (AvgIpc) is 3.02. The molecule has 8 heteroatoms. The standard InChI is InChI=1S/C33H29N5O3/c1-36(23-18-17-21-11-7-8-12-22(21)19-23)30-26(20-34)28(29-31(35-30)37(2)33(40)38(3)32(29)39)25-15-9-10-16-27(25)41-24-13-5-4-6-14-24/h4-19H,20,34H2,1-3H3. The van der Waals surface area contributed by atoms with Crippen molar-refractivity contribution >= 4 is 33.3 Å². The molecule has 41 heavy (non-hydrogen) atoms. The van der Waals surface area contributed by atoms with Gasteiger partial charge < -0.3 is 15.4 Å². The average molecular weight is 544 g/mol. The molecule has 0 radical (unpaired) electrons. The van der Waals surface area contributed by atoms with E-state index in [9.17, 15) is 9.59 Å². The number of nitrogens with two attached hydrogens (primary N) is 1. The third-order valence-electron chi connectivity index (χ3n) is 7.44. The summed E-state index contributed by atoms with van der Waals surface area (Å²) in [6, 6.07) is 31.2. The number of pyridine rings is 1. The number of benzene rings is 4. The highest BCUT2D eigenvalue weighted by Crippen LogP contribution is 2.41. The number of fused-ring (bicyclic) bond motifs is 2. The van der Waals surface area contributed by atoms with Gasteiger partial charge in [-0.1, -0.05) is 66.7 Å². The Hall–Kier alpha value is -5.21. The molecular weight excluding hydrogens is 514 g/mol. The van der Waals surface area contributed by atoms with Crippen LogP contribution < -0.4 is 26.6 Å². The first-order valence-corrected chi connectivity index (χ1v) is 13.3. The van der Waals surface area contributed by atoms with Crippen molar-refractivity contribution in [2.24, 2.45) is 19.8 Å². The van der Waals surface area contributed by atoms with Gasteiger partial charge in [-0.15, -0.1) is 0 Å². The molecule has 0 atom stereocenters. The fourth-order valence-electron chi connectivity index (χ4n) is 5.27. The van der Waals surface area contributed by atoms with Crippen LogP contribution in [0.2, 0.25) is 0 Å². The highest BCUT2D eigenvalue weighted by molar-refractivity contribution is 5.99. The van der Waals surface area contributed by atoms with Gasteiger partial charge in [-0.2, -0.15) is 0 Å². The van der Waals surface area contributed by atoms with Crippen LogP contribution in [0.3, 0.4) is 0 Å². The molecule has 2 aromatic heterocycles. The maximum Gasteiger partial charge on any atom is 0.332 e. The number of aryl methyl sites for hydroxylation is 1. The first-order valence-electron chi connectivity index (χ1n) is 13.3. The molecule has 0 saturated carbocycles. The van der Waals surface area contributed by atoms with E-state index in [4.69, 9.17) is 15.5 Å². The molecule has 204 valence electrons. The maximum absolute atomic E-state index is 13.7. The molecule has 2 N–H and O–H groups in total. The minimum Gasteiger partial charge on any atom is -0.457 e. The predicted molar refractivity (Wildman–Crippen MR) is 164 cm³/mol. The van der Waals surface area contributed by atoms with Gasteiger partial charge in [0.05, 0.1) is 5.39 Å². The summed E-state index contributed by atoms with van der Waals surface area (Å²) in [6.07, 6.45) is 0. The topological polar surface area (TPSA) is 95.4 Å². The second-order valence-electron chi connectivity index (χ2n) is 9.90. The highest BCUT2D eigenvalue weighted by Gasteiger charge is 2.25. The Morgan fingerprint density at radius 3 is 2.27 bits per heavy atom. The van der Waals surface area contributed by atoms with E-state index in [-0.39, 0.29) is 12.2 Å². The van der Waals surface area contributed by atoms with Gasteiger partial charge >= 0.3 is 5.69 Å². The summed E-state index contributed by atoms with van der Waals surface area (Å²) in [5.41, 5.74) is 8.62. The number of hydrogen-bond acceptors (Lipinski definition) is 6. The lowest BCUT2D eigenvalue weighted by Gasteiger charge is -2.25. The Morgan fingerprint density at radius 1 is 0.829 bits per heavy atom. The molecule has 4 aromatic carbocycles. The summed E-state index contributed by atoms with van der Waals surface area (Å²) >= 11 is 0. The Balaban J connectivity index is 1.68. The van der Waals surface area contributed by atoms with Crippen molar-refractivity contribution in [3.63, 3.8) is 0 Å². The molecule has 2 heterocycles. The number of para-hydroxylation sites is 2. The van der Waals surface area contributed by atoms with Crippen molar-refractivity contribution in [1.29, 1.82) is 0 Å². The van der Waals surface area contributed by atoms with Crippen LogP contribution in [0, 0.1) is 0 Å². The molecule has 0 bridgehead atoms. The number of anilines is 2. The lowest BCUT2D eigenvalue weighted by molar-refractivity contribution is 0.484. The van der Waals surface area contributed by atoms with Crippen LogP contribution in [0.5, 0.6) is 11.5 Å². The van der Waals surface area contributed by atoms with E-state index >= 15 is 0 Å². The van der Waals surface area contributed by atoms with Crippen LogP contribution >= 0.6 is 0 Å². The lowest BCUT2D eigenvalue weighted by atomic mass is 9.95. The molecule has 6 aromatic rings. The molecule has 0 saturated heterocycles. The summed E-state index contributed by atoms with van der Waals surface area (Å²) in [5.74, 6) is 1.75. The van der Waals surface area contributed by atoms with Crippen molar-refractivity contribution in [2.45, 2.75) is 6.54 Å². The van der Waals surface area contributed by atoms with Crippen molar-refractivity contribution in [3.05, 3.63) is 123 Å². The summed E-state index contributed by atoms with van der Waals surface area (Å²) in [7, 11) is 5.00. The van der Waals surface area contributed by atoms with Gasteiger partial charge in [0, 0.05) is 50.1 Å². The van der Waals surface area contributed by atoms with E-state index in [2.05, 4.69) is 24.3 Å². The molecule has 8 nitrogen and oxygen atoms in total. The van der Waals surface area contributed by atoms with Gasteiger partial charge in [-0.3, -0.25) is 13.9 Å². The highest BCUT2D eigenvalue weighted by atomic mass is 16.5. The zero-order valence-corrected chi connectivity index (χ0v) is 23.0. The normalized spacial score (nSPS) is 11.2. The van der Waals surface area contributed by atoms with E-state index < -0.39 is 11.2 Å². The molecule has 6 rings (SSSR count). The fourth-order valence-corrected chi connectivity index (χ4v) is 5.27. The van der Waals surface area contributed by atoms with Crippen LogP contribution in [0.1, 0.15) is 5.56 Å². The molecule has 0 aliphatic rings. The van der Waals surface area contributed by atoms with E-state index in [1.807, 2.05) is 84.7 Å². The summed E-state index contributed by atoms with van der Waals surface area (Å²) in [4.78, 5) is 33.6. The van der Waals surface area contributed by atoms with Gasteiger partial charge in [-0.25, -0.2) is 9.78 Å². The number of rotatable bonds is 6. The van der Waals surface area contributed by atoms with Gasteiger partial charge in [0.2, 0.25) is 0 Å². The lowest BCUT2D eigenvalue weighted by Crippen LogP contribution is -2.38. The molecule has 0 fully saturated rings. The monoisotopic (exact) mass is 543 g/mol. The molecule has 0 unspecified atom stereocenters. The number of ether oxygens (including phenoxy) is 1. The van der Waals surface area contributed by atoms with Crippen LogP contribution in [0.25, 0.3) is 32.9 Å². The van der Waals surface area contributed by atoms with E-state index in [0.717, 1.165) is 21.0 Å². The zero-order valence-electron chi connectivity index (χ0n) is 23.0. The van der Waals surface area contributed by atoms with Crippen molar-refractivity contribution in [1.82, 2.24) is 14.1 Å². The predicted octanol–water partition coefficient (Wildman–Crippen LogP) is 5.47. The van der Waals surface area contributed by atoms with Crippen LogP contribution in [-0.4, -0.2) is 21.2 Å². The van der Waals surface area contributed by atoms with E-state index in [1.54, 1.807) is 7.05 Å². The largest absolute Gasteiger partial charge is 0.457 e. The number of aromatic nitrogens is 3. The quantitative estimate of drug-likeness (QED) is 0.299. The Bertz CT molecular complexity index is 2050.